The summed E-state index contributed by atoms with van der Waals surface area (Å²) < 4.78 is 0. The molecule has 0 saturated carbocycles. The number of rotatable bonds is 2. The summed E-state index contributed by atoms with van der Waals surface area (Å²) in [5.74, 6) is 0. The van der Waals surface area contributed by atoms with Gasteiger partial charge in [0.1, 0.15) is 0 Å². The van der Waals surface area contributed by atoms with Crippen LogP contribution in [0.15, 0.2) is 37.0 Å². The van der Waals surface area contributed by atoms with E-state index in [1.165, 1.54) is 0 Å². The summed E-state index contributed by atoms with van der Waals surface area (Å²) in [6, 6.07) is 0. The quantitative estimate of drug-likeness (QED) is 0.661. The number of piperazine rings is 1. The fourth-order valence-corrected chi connectivity index (χ4v) is 2.22. The van der Waals surface area contributed by atoms with Crippen molar-refractivity contribution in [2.45, 2.75) is 12.0 Å². The van der Waals surface area contributed by atoms with E-state index in [1.807, 2.05) is 0 Å². The largest absolute Gasteiger partial charge is 0.314 e. The molecule has 1 heterocycles. The SMILES string of the molecule is C=CC1(N2CCNCC2)C=CC=CC1. The van der Waals surface area contributed by atoms with Gasteiger partial charge < -0.3 is 5.32 Å². The Balaban J connectivity index is 2.14. The van der Waals surface area contributed by atoms with Crippen LogP contribution in [0.25, 0.3) is 0 Å². The van der Waals surface area contributed by atoms with Crippen molar-refractivity contribution in [3.63, 3.8) is 0 Å². The number of allylic oxidation sites excluding steroid dienone is 2. The van der Waals surface area contributed by atoms with E-state index in [0.717, 1.165) is 32.6 Å². The first-order chi connectivity index (χ1) is 6.87. The molecule has 1 saturated heterocycles. The molecule has 0 bridgehead atoms. The molecule has 1 atom stereocenters. The van der Waals surface area contributed by atoms with Gasteiger partial charge in [0.2, 0.25) is 0 Å². The average molecular weight is 190 g/mol. The third-order valence-electron chi connectivity index (χ3n) is 3.14. The van der Waals surface area contributed by atoms with Gasteiger partial charge in [-0.3, -0.25) is 4.90 Å². The second kappa shape index (κ2) is 4.11. The molecular formula is C12H18N2. The first-order valence-corrected chi connectivity index (χ1v) is 5.31. The molecule has 1 unspecified atom stereocenters. The molecule has 1 N–H and O–H groups in total. The molecule has 1 aliphatic carbocycles. The Morgan fingerprint density at radius 2 is 2.07 bits per heavy atom. The van der Waals surface area contributed by atoms with Gasteiger partial charge in [0.25, 0.3) is 0 Å². The van der Waals surface area contributed by atoms with Gasteiger partial charge in [-0.15, -0.1) is 6.58 Å². The topological polar surface area (TPSA) is 15.3 Å². The fourth-order valence-electron chi connectivity index (χ4n) is 2.22. The highest BCUT2D eigenvalue weighted by molar-refractivity contribution is 5.27. The van der Waals surface area contributed by atoms with Crippen LogP contribution in [-0.4, -0.2) is 36.6 Å². The highest BCUT2D eigenvalue weighted by atomic mass is 15.2. The summed E-state index contributed by atoms with van der Waals surface area (Å²) in [5.41, 5.74) is 0.0802. The number of hydrogen-bond donors (Lipinski definition) is 1. The van der Waals surface area contributed by atoms with Crippen LogP contribution in [0, 0.1) is 0 Å². The zero-order valence-electron chi connectivity index (χ0n) is 8.58. The smallest absolute Gasteiger partial charge is 0.0611 e. The third-order valence-corrected chi connectivity index (χ3v) is 3.14. The standard InChI is InChI=1S/C12H18N2/c1-2-12(6-4-3-5-7-12)14-10-8-13-9-11-14/h2-6,13H,1,7-11H2. The lowest BCUT2D eigenvalue weighted by atomic mass is 9.89. The molecule has 76 valence electrons. The van der Waals surface area contributed by atoms with E-state index in [9.17, 15) is 0 Å². The molecule has 2 rings (SSSR count). The van der Waals surface area contributed by atoms with E-state index in [4.69, 9.17) is 0 Å². The molecule has 0 aromatic rings. The van der Waals surface area contributed by atoms with Crippen LogP contribution < -0.4 is 5.32 Å². The molecule has 0 amide bonds. The van der Waals surface area contributed by atoms with Crippen LogP contribution >= 0.6 is 0 Å². The van der Waals surface area contributed by atoms with Crippen molar-refractivity contribution in [1.82, 2.24) is 10.2 Å². The van der Waals surface area contributed by atoms with E-state index < -0.39 is 0 Å². The Hall–Kier alpha value is -0.860. The van der Waals surface area contributed by atoms with E-state index in [0.29, 0.717) is 0 Å². The third kappa shape index (κ3) is 1.68. The van der Waals surface area contributed by atoms with Gasteiger partial charge in [-0.2, -0.15) is 0 Å². The van der Waals surface area contributed by atoms with E-state index >= 15 is 0 Å². The predicted molar refractivity (Wildman–Crippen MR) is 60.3 cm³/mol. The summed E-state index contributed by atoms with van der Waals surface area (Å²) in [6.45, 7) is 8.40. The van der Waals surface area contributed by atoms with Crippen molar-refractivity contribution in [1.29, 1.82) is 0 Å². The molecule has 2 nitrogen and oxygen atoms in total. The van der Waals surface area contributed by atoms with E-state index in [2.05, 4.69) is 47.2 Å². The first kappa shape index (κ1) is 9.69. The molecule has 0 aromatic heterocycles. The molecule has 2 heteroatoms. The lowest BCUT2D eigenvalue weighted by Crippen LogP contribution is -2.54. The maximum Gasteiger partial charge on any atom is 0.0611 e. The Kier molecular flexibility index (Phi) is 2.85. The Labute approximate surface area is 86.0 Å². The summed E-state index contributed by atoms with van der Waals surface area (Å²) in [5, 5.41) is 3.38. The number of nitrogens with one attached hydrogen (secondary N) is 1. The Bertz CT molecular complexity index is 261. The van der Waals surface area contributed by atoms with Crippen molar-refractivity contribution in [3.8, 4) is 0 Å². The molecule has 1 aliphatic heterocycles. The summed E-state index contributed by atoms with van der Waals surface area (Å²) >= 11 is 0. The minimum atomic E-state index is 0.0802. The Morgan fingerprint density at radius 3 is 2.64 bits per heavy atom. The highest BCUT2D eigenvalue weighted by Crippen LogP contribution is 2.26. The second-order valence-corrected chi connectivity index (χ2v) is 3.92. The van der Waals surface area contributed by atoms with Crippen LogP contribution in [0.1, 0.15) is 6.42 Å². The van der Waals surface area contributed by atoms with Crippen LogP contribution in [0.3, 0.4) is 0 Å². The minimum Gasteiger partial charge on any atom is -0.314 e. The maximum atomic E-state index is 3.98. The highest BCUT2D eigenvalue weighted by Gasteiger charge is 2.31. The summed E-state index contributed by atoms with van der Waals surface area (Å²) in [7, 11) is 0. The van der Waals surface area contributed by atoms with Gasteiger partial charge in [0.05, 0.1) is 5.54 Å². The van der Waals surface area contributed by atoms with Crippen LogP contribution in [-0.2, 0) is 0 Å². The van der Waals surface area contributed by atoms with Crippen molar-refractivity contribution >= 4 is 0 Å². The zero-order valence-corrected chi connectivity index (χ0v) is 8.58. The number of nitrogens with zero attached hydrogens (tertiary/aromatic N) is 1. The van der Waals surface area contributed by atoms with Gasteiger partial charge in [0.15, 0.2) is 0 Å². The summed E-state index contributed by atoms with van der Waals surface area (Å²) in [6.07, 6.45) is 11.9. The molecule has 2 aliphatic rings. The first-order valence-electron chi connectivity index (χ1n) is 5.31. The molecule has 1 fully saturated rings. The van der Waals surface area contributed by atoms with Crippen LogP contribution in [0.2, 0.25) is 0 Å². The van der Waals surface area contributed by atoms with E-state index in [-0.39, 0.29) is 5.54 Å². The molecule has 0 aromatic carbocycles. The summed E-state index contributed by atoms with van der Waals surface area (Å²) in [4.78, 5) is 2.51. The maximum absolute atomic E-state index is 3.98. The van der Waals surface area contributed by atoms with Crippen LogP contribution in [0.5, 0.6) is 0 Å². The van der Waals surface area contributed by atoms with Gasteiger partial charge in [-0.25, -0.2) is 0 Å². The van der Waals surface area contributed by atoms with Gasteiger partial charge in [-0.05, 0) is 6.42 Å². The number of hydrogen-bond acceptors (Lipinski definition) is 2. The monoisotopic (exact) mass is 190 g/mol. The van der Waals surface area contributed by atoms with E-state index in [1.54, 1.807) is 0 Å². The molecule has 14 heavy (non-hydrogen) atoms. The normalized spacial score (nSPS) is 33.1. The lowest BCUT2D eigenvalue weighted by molar-refractivity contribution is 0.150. The zero-order chi connectivity index (χ0) is 9.86. The van der Waals surface area contributed by atoms with Gasteiger partial charge in [-0.1, -0.05) is 30.4 Å². The van der Waals surface area contributed by atoms with Crippen LogP contribution in [0.4, 0.5) is 0 Å². The average Bonchev–Trinajstić information content (AvgIpc) is 2.31. The van der Waals surface area contributed by atoms with Crippen molar-refractivity contribution in [2.75, 3.05) is 26.2 Å². The lowest BCUT2D eigenvalue weighted by Gasteiger charge is -2.42. The Morgan fingerprint density at radius 1 is 1.29 bits per heavy atom. The fraction of sp³-hybridized carbons (Fsp3) is 0.500. The van der Waals surface area contributed by atoms with Crippen molar-refractivity contribution < 1.29 is 0 Å². The molecule has 0 spiro atoms. The van der Waals surface area contributed by atoms with Gasteiger partial charge >= 0.3 is 0 Å². The predicted octanol–water partition coefficient (Wildman–Crippen LogP) is 1.33. The minimum absolute atomic E-state index is 0.0802. The van der Waals surface area contributed by atoms with Crippen molar-refractivity contribution in [2.24, 2.45) is 0 Å². The second-order valence-electron chi connectivity index (χ2n) is 3.92. The van der Waals surface area contributed by atoms with Gasteiger partial charge in [0, 0.05) is 26.2 Å². The molecular weight excluding hydrogens is 172 g/mol. The van der Waals surface area contributed by atoms with Crippen molar-refractivity contribution in [3.05, 3.63) is 37.0 Å². The molecule has 0 radical (unpaired) electrons.